The second-order valence-electron chi connectivity index (χ2n) is 4.32. The van der Waals surface area contributed by atoms with Crippen LogP contribution in [-0.4, -0.2) is 16.3 Å². The number of aromatic nitrogens is 2. The Morgan fingerprint density at radius 2 is 1.89 bits per heavy atom. The zero-order chi connectivity index (χ0) is 12.4. The molecule has 1 heterocycles. The first-order chi connectivity index (χ1) is 8.88. The third-order valence-corrected chi connectivity index (χ3v) is 3.07. The molecule has 3 aromatic rings. The van der Waals surface area contributed by atoms with Gasteiger partial charge in [0.25, 0.3) is 0 Å². The fraction of sp³-hybridized carbons (Fsp3) is 0.133. The van der Waals surface area contributed by atoms with Crippen molar-refractivity contribution in [3.05, 3.63) is 60.3 Å². The maximum absolute atomic E-state index is 5.58. The molecule has 0 aliphatic carbocycles. The summed E-state index contributed by atoms with van der Waals surface area (Å²) in [6.45, 7) is 0.679. The summed E-state index contributed by atoms with van der Waals surface area (Å²) < 4.78 is 1.96. The van der Waals surface area contributed by atoms with Crippen LogP contribution in [-0.2, 0) is 6.42 Å². The molecule has 0 radical (unpaired) electrons. The molecule has 3 nitrogen and oxygen atoms in total. The molecule has 0 spiro atoms. The Morgan fingerprint density at radius 3 is 2.67 bits per heavy atom. The molecule has 18 heavy (non-hydrogen) atoms. The molecule has 0 saturated carbocycles. The average Bonchev–Trinajstić information content (AvgIpc) is 2.83. The SMILES string of the molecule is NCCc1ccc2c(cnn2-c2ccccc2)c1. The second-order valence-corrected chi connectivity index (χ2v) is 4.32. The predicted octanol–water partition coefficient (Wildman–Crippen LogP) is 2.53. The van der Waals surface area contributed by atoms with Crippen molar-refractivity contribution in [1.82, 2.24) is 9.78 Å². The fourth-order valence-corrected chi connectivity index (χ4v) is 2.18. The minimum atomic E-state index is 0.679. The molecular weight excluding hydrogens is 222 g/mol. The Balaban J connectivity index is 2.10. The van der Waals surface area contributed by atoms with Gasteiger partial charge in [-0.3, -0.25) is 0 Å². The third kappa shape index (κ3) is 1.89. The van der Waals surface area contributed by atoms with Crippen LogP contribution in [0.5, 0.6) is 0 Å². The van der Waals surface area contributed by atoms with Crippen LogP contribution in [0.15, 0.2) is 54.7 Å². The van der Waals surface area contributed by atoms with E-state index >= 15 is 0 Å². The maximum atomic E-state index is 5.58. The van der Waals surface area contributed by atoms with E-state index in [1.165, 1.54) is 5.56 Å². The van der Waals surface area contributed by atoms with Gasteiger partial charge < -0.3 is 5.73 Å². The molecule has 3 rings (SSSR count). The van der Waals surface area contributed by atoms with Gasteiger partial charge in [0, 0.05) is 5.39 Å². The van der Waals surface area contributed by atoms with Crippen LogP contribution < -0.4 is 5.73 Å². The van der Waals surface area contributed by atoms with Crippen LogP contribution in [0.3, 0.4) is 0 Å². The van der Waals surface area contributed by atoms with Gasteiger partial charge in [0.2, 0.25) is 0 Å². The van der Waals surface area contributed by atoms with E-state index in [2.05, 4.69) is 35.4 Å². The molecule has 1 aromatic heterocycles. The first kappa shape index (κ1) is 11.0. The van der Waals surface area contributed by atoms with Crippen molar-refractivity contribution in [3.8, 4) is 5.69 Å². The van der Waals surface area contributed by atoms with E-state index in [0.29, 0.717) is 6.54 Å². The molecule has 90 valence electrons. The smallest absolute Gasteiger partial charge is 0.0741 e. The van der Waals surface area contributed by atoms with Gasteiger partial charge in [-0.25, -0.2) is 4.68 Å². The Hall–Kier alpha value is -2.13. The first-order valence-corrected chi connectivity index (χ1v) is 6.10. The molecule has 0 fully saturated rings. The van der Waals surface area contributed by atoms with Crippen LogP contribution >= 0.6 is 0 Å². The number of hydrogen-bond donors (Lipinski definition) is 1. The lowest BCUT2D eigenvalue weighted by atomic mass is 10.1. The topological polar surface area (TPSA) is 43.8 Å². The maximum Gasteiger partial charge on any atom is 0.0741 e. The number of benzene rings is 2. The molecule has 2 N–H and O–H groups in total. The quantitative estimate of drug-likeness (QED) is 0.760. The van der Waals surface area contributed by atoms with E-state index in [0.717, 1.165) is 23.0 Å². The van der Waals surface area contributed by atoms with Gasteiger partial charge in [0.15, 0.2) is 0 Å². The van der Waals surface area contributed by atoms with Crippen molar-refractivity contribution in [2.24, 2.45) is 5.73 Å². The van der Waals surface area contributed by atoms with Gasteiger partial charge in [0.1, 0.15) is 0 Å². The van der Waals surface area contributed by atoms with Crippen molar-refractivity contribution < 1.29 is 0 Å². The third-order valence-electron chi connectivity index (χ3n) is 3.07. The number of nitrogens with zero attached hydrogens (tertiary/aromatic N) is 2. The van der Waals surface area contributed by atoms with Crippen LogP contribution in [0.25, 0.3) is 16.6 Å². The van der Waals surface area contributed by atoms with E-state index in [-0.39, 0.29) is 0 Å². The number of nitrogens with two attached hydrogens (primary N) is 1. The number of para-hydroxylation sites is 1. The highest BCUT2D eigenvalue weighted by Gasteiger charge is 2.04. The summed E-state index contributed by atoms with van der Waals surface area (Å²) in [4.78, 5) is 0. The van der Waals surface area contributed by atoms with E-state index in [4.69, 9.17) is 5.73 Å². The molecule has 3 heteroatoms. The molecule has 0 saturated heterocycles. The monoisotopic (exact) mass is 237 g/mol. The molecule has 0 aliphatic rings. The molecule has 0 aliphatic heterocycles. The summed E-state index contributed by atoms with van der Waals surface area (Å²) >= 11 is 0. The Morgan fingerprint density at radius 1 is 1.06 bits per heavy atom. The standard InChI is InChI=1S/C15H15N3/c16-9-8-12-6-7-15-13(10-12)11-17-18(15)14-4-2-1-3-5-14/h1-7,10-11H,8-9,16H2. The average molecular weight is 237 g/mol. The van der Waals surface area contributed by atoms with Gasteiger partial charge in [0.05, 0.1) is 17.4 Å². The van der Waals surface area contributed by atoms with Gasteiger partial charge in [-0.15, -0.1) is 0 Å². The van der Waals surface area contributed by atoms with Gasteiger partial charge in [-0.1, -0.05) is 24.3 Å². The second kappa shape index (κ2) is 4.63. The highest BCUT2D eigenvalue weighted by molar-refractivity contribution is 5.81. The van der Waals surface area contributed by atoms with Crippen LogP contribution in [0.2, 0.25) is 0 Å². The van der Waals surface area contributed by atoms with Crippen molar-refractivity contribution in [1.29, 1.82) is 0 Å². The van der Waals surface area contributed by atoms with Crippen molar-refractivity contribution in [2.45, 2.75) is 6.42 Å². The molecule has 0 unspecified atom stereocenters. The van der Waals surface area contributed by atoms with E-state index in [1.807, 2.05) is 29.1 Å². The molecule has 2 aromatic carbocycles. The predicted molar refractivity (Wildman–Crippen MR) is 73.8 cm³/mol. The Labute approximate surface area is 106 Å². The van der Waals surface area contributed by atoms with Gasteiger partial charge in [-0.05, 0) is 42.8 Å². The van der Waals surface area contributed by atoms with Crippen molar-refractivity contribution in [3.63, 3.8) is 0 Å². The highest BCUT2D eigenvalue weighted by Crippen LogP contribution is 2.19. The van der Waals surface area contributed by atoms with Crippen molar-refractivity contribution >= 4 is 10.9 Å². The van der Waals surface area contributed by atoms with E-state index in [1.54, 1.807) is 0 Å². The minimum absolute atomic E-state index is 0.679. The zero-order valence-electron chi connectivity index (χ0n) is 10.1. The van der Waals surface area contributed by atoms with Crippen LogP contribution in [0.4, 0.5) is 0 Å². The fourth-order valence-electron chi connectivity index (χ4n) is 2.18. The molecular formula is C15H15N3. The van der Waals surface area contributed by atoms with Crippen LogP contribution in [0, 0.1) is 0 Å². The number of rotatable bonds is 3. The molecule has 0 amide bonds. The summed E-state index contributed by atoms with van der Waals surface area (Å²) in [6.07, 6.45) is 2.81. The summed E-state index contributed by atoms with van der Waals surface area (Å²) in [5.74, 6) is 0. The number of hydrogen-bond acceptors (Lipinski definition) is 2. The minimum Gasteiger partial charge on any atom is -0.330 e. The molecule has 0 bridgehead atoms. The van der Waals surface area contributed by atoms with Crippen LogP contribution in [0.1, 0.15) is 5.56 Å². The van der Waals surface area contributed by atoms with Gasteiger partial charge >= 0.3 is 0 Å². The molecule has 0 atom stereocenters. The lowest BCUT2D eigenvalue weighted by Gasteiger charge is -2.04. The van der Waals surface area contributed by atoms with Gasteiger partial charge in [-0.2, -0.15) is 5.10 Å². The number of fused-ring (bicyclic) bond motifs is 1. The van der Waals surface area contributed by atoms with Crippen molar-refractivity contribution in [2.75, 3.05) is 6.54 Å². The summed E-state index contributed by atoms with van der Waals surface area (Å²) in [6, 6.07) is 16.6. The summed E-state index contributed by atoms with van der Waals surface area (Å²) in [7, 11) is 0. The normalized spacial score (nSPS) is 10.9. The highest BCUT2D eigenvalue weighted by atomic mass is 15.3. The Kier molecular flexibility index (Phi) is 2.82. The lowest BCUT2D eigenvalue weighted by Crippen LogP contribution is -2.02. The van der Waals surface area contributed by atoms with E-state index in [9.17, 15) is 0 Å². The first-order valence-electron chi connectivity index (χ1n) is 6.10. The zero-order valence-corrected chi connectivity index (χ0v) is 10.1. The summed E-state index contributed by atoms with van der Waals surface area (Å²) in [5.41, 5.74) is 9.05. The Bertz CT molecular complexity index is 656. The lowest BCUT2D eigenvalue weighted by molar-refractivity contribution is 0.910. The van der Waals surface area contributed by atoms with E-state index < -0.39 is 0 Å². The summed E-state index contributed by atoms with van der Waals surface area (Å²) in [5, 5.41) is 5.61. The largest absolute Gasteiger partial charge is 0.330 e.